The van der Waals surface area contributed by atoms with Gasteiger partial charge in [-0.05, 0) is 17.0 Å². The van der Waals surface area contributed by atoms with Gasteiger partial charge < -0.3 is 10.8 Å². The summed E-state index contributed by atoms with van der Waals surface area (Å²) < 4.78 is 0. The van der Waals surface area contributed by atoms with Crippen molar-refractivity contribution in [2.24, 2.45) is 0 Å². The van der Waals surface area contributed by atoms with E-state index in [1.807, 2.05) is 60.7 Å². The molecule has 0 radical (unpaired) electrons. The van der Waals surface area contributed by atoms with Crippen LogP contribution in [-0.4, -0.2) is 5.11 Å². The molecule has 2 heteroatoms. The Balaban J connectivity index is 2.13. The van der Waals surface area contributed by atoms with Crippen molar-refractivity contribution in [2.45, 2.75) is 6.42 Å². The highest BCUT2D eigenvalue weighted by Crippen LogP contribution is 2.34. The minimum Gasteiger partial charge on any atom is -0.507 e. The predicted octanol–water partition coefficient (Wildman–Crippen LogP) is 3.72. The molecule has 0 unspecified atom stereocenters. The van der Waals surface area contributed by atoms with Gasteiger partial charge in [0.2, 0.25) is 0 Å². The van der Waals surface area contributed by atoms with Crippen molar-refractivity contribution >= 4 is 16.5 Å². The van der Waals surface area contributed by atoms with E-state index < -0.39 is 0 Å². The van der Waals surface area contributed by atoms with Crippen LogP contribution >= 0.6 is 0 Å². The van der Waals surface area contributed by atoms with E-state index in [0.29, 0.717) is 17.9 Å². The first kappa shape index (κ1) is 11.6. The highest BCUT2D eigenvalue weighted by atomic mass is 16.3. The summed E-state index contributed by atoms with van der Waals surface area (Å²) in [5.74, 6) is 0.291. The summed E-state index contributed by atoms with van der Waals surface area (Å²) in [6.45, 7) is 0. The van der Waals surface area contributed by atoms with E-state index >= 15 is 0 Å². The Morgan fingerprint density at radius 2 is 1.58 bits per heavy atom. The molecule has 0 spiro atoms. The number of hydrogen-bond acceptors (Lipinski definition) is 2. The lowest BCUT2D eigenvalue weighted by Crippen LogP contribution is -1.97. The van der Waals surface area contributed by atoms with Crippen LogP contribution in [0.1, 0.15) is 11.1 Å². The van der Waals surface area contributed by atoms with Crippen LogP contribution in [0, 0.1) is 0 Å². The van der Waals surface area contributed by atoms with Gasteiger partial charge in [-0.1, -0.05) is 54.6 Å². The van der Waals surface area contributed by atoms with E-state index in [2.05, 4.69) is 0 Å². The maximum atomic E-state index is 10.4. The van der Waals surface area contributed by atoms with Crippen LogP contribution in [0.3, 0.4) is 0 Å². The molecule has 0 saturated carbocycles. The minimum absolute atomic E-state index is 0.291. The highest BCUT2D eigenvalue weighted by molar-refractivity contribution is 5.93. The van der Waals surface area contributed by atoms with Crippen molar-refractivity contribution in [3.8, 4) is 5.75 Å². The Hall–Kier alpha value is -2.48. The lowest BCUT2D eigenvalue weighted by Gasteiger charge is -2.11. The van der Waals surface area contributed by atoms with Crippen LogP contribution in [0.2, 0.25) is 0 Å². The number of nitrogen functional groups attached to an aromatic ring is 1. The molecular weight excluding hydrogens is 234 g/mol. The van der Waals surface area contributed by atoms with Gasteiger partial charge in [0.1, 0.15) is 5.75 Å². The fraction of sp³-hybridized carbons (Fsp3) is 0.0588. The number of fused-ring (bicyclic) bond motifs is 1. The molecular formula is C17H15NO. The maximum absolute atomic E-state index is 10.4. The van der Waals surface area contributed by atoms with Gasteiger partial charge in [0.05, 0.1) is 0 Å². The molecule has 3 aromatic rings. The monoisotopic (exact) mass is 249 g/mol. The van der Waals surface area contributed by atoms with Crippen LogP contribution in [0.5, 0.6) is 5.75 Å². The Morgan fingerprint density at radius 1 is 0.895 bits per heavy atom. The molecule has 0 heterocycles. The topological polar surface area (TPSA) is 46.2 Å². The molecule has 0 bridgehead atoms. The molecule has 0 aliphatic carbocycles. The number of nitrogens with two attached hydrogens (primary N) is 1. The highest BCUT2D eigenvalue weighted by Gasteiger charge is 2.11. The summed E-state index contributed by atoms with van der Waals surface area (Å²) in [5.41, 5.74) is 8.65. The van der Waals surface area contributed by atoms with Gasteiger partial charge >= 0.3 is 0 Å². The second-order valence-corrected chi connectivity index (χ2v) is 4.68. The quantitative estimate of drug-likeness (QED) is 0.680. The number of rotatable bonds is 2. The molecule has 3 N–H and O–H groups in total. The number of aromatic hydroxyl groups is 1. The standard InChI is InChI=1S/C17H15NO/c18-16-11-13-8-4-5-9-14(13)17(19)15(16)10-12-6-2-1-3-7-12/h1-9,11,19H,10,18H2. The Kier molecular flexibility index (Phi) is 2.84. The second-order valence-electron chi connectivity index (χ2n) is 4.68. The maximum Gasteiger partial charge on any atom is 0.128 e. The van der Waals surface area contributed by atoms with Crippen molar-refractivity contribution in [3.05, 3.63) is 71.8 Å². The van der Waals surface area contributed by atoms with Crippen LogP contribution in [0.25, 0.3) is 10.8 Å². The molecule has 3 aromatic carbocycles. The van der Waals surface area contributed by atoms with Gasteiger partial charge in [0.15, 0.2) is 0 Å². The molecule has 2 nitrogen and oxygen atoms in total. The molecule has 3 rings (SSSR count). The Bertz CT molecular complexity index is 720. The third kappa shape index (κ3) is 2.13. The molecule has 0 aliphatic rings. The smallest absolute Gasteiger partial charge is 0.128 e. The molecule has 0 saturated heterocycles. The van der Waals surface area contributed by atoms with E-state index in [9.17, 15) is 5.11 Å². The summed E-state index contributed by atoms with van der Waals surface area (Å²) in [5, 5.41) is 12.2. The summed E-state index contributed by atoms with van der Waals surface area (Å²) in [7, 11) is 0. The lowest BCUT2D eigenvalue weighted by molar-refractivity contribution is 0.476. The average molecular weight is 249 g/mol. The molecule has 0 atom stereocenters. The lowest BCUT2D eigenvalue weighted by atomic mass is 9.98. The van der Waals surface area contributed by atoms with Gasteiger partial charge in [0.25, 0.3) is 0 Å². The number of phenolic OH excluding ortho intramolecular Hbond substituents is 1. The largest absolute Gasteiger partial charge is 0.507 e. The summed E-state index contributed by atoms with van der Waals surface area (Å²) in [6, 6.07) is 19.7. The summed E-state index contributed by atoms with van der Waals surface area (Å²) in [4.78, 5) is 0. The van der Waals surface area contributed by atoms with Gasteiger partial charge in [-0.25, -0.2) is 0 Å². The van der Waals surface area contributed by atoms with Crippen LogP contribution in [0.4, 0.5) is 5.69 Å². The Labute approximate surface area is 112 Å². The van der Waals surface area contributed by atoms with Crippen molar-refractivity contribution in [3.63, 3.8) is 0 Å². The predicted molar refractivity (Wildman–Crippen MR) is 79.3 cm³/mol. The van der Waals surface area contributed by atoms with Crippen molar-refractivity contribution in [2.75, 3.05) is 5.73 Å². The number of phenols is 1. The van der Waals surface area contributed by atoms with Crippen LogP contribution in [-0.2, 0) is 6.42 Å². The summed E-state index contributed by atoms with van der Waals surface area (Å²) in [6.07, 6.45) is 0.642. The first-order valence-electron chi connectivity index (χ1n) is 6.28. The summed E-state index contributed by atoms with van der Waals surface area (Å²) >= 11 is 0. The first-order valence-corrected chi connectivity index (χ1v) is 6.28. The molecule has 0 fully saturated rings. The number of anilines is 1. The van der Waals surface area contributed by atoms with Gasteiger partial charge in [-0.3, -0.25) is 0 Å². The molecule has 0 aromatic heterocycles. The third-order valence-corrected chi connectivity index (χ3v) is 3.38. The molecule has 19 heavy (non-hydrogen) atoms. The third-order valence-electron chi connectivity index (χ3n) is 3.38. The van der Waals surface area contributed by atoms with Gasteiger partial charge in [0, 0.05) is 23.1 Å². The van der Waals surface area contributed by atoms with Crippen LogP contribution in [0.15, 0.2) is 60.7 Å². The number of hydrogen-bond donors (Lipinski definition) is 2. The van der Waals surface area contributed by atoms with Crippen LogP contribution < -0.4 is 5.73 Å². The van der Waals surface area contributed by atoms with Gasteiger partial charge in [-0.15, -0.1) is 0 Å². The molecule has 94 valence electrons. The zero-order valence-electron chi connectivity index (χ0n) is 10.5. The van der Waals surface area contributed by atoms with Crippen molar-refractivity contribution < 1.29 is 5.11 Å². The van der Waals surface area contributed by atoms with Crippen molar-refractivity contribution in [1.29, 1.82) is 0 Å². The Morgan fingerprint density at radius 3 is 2.37 bits per heavy atom. The van der Waals surface area contributed by atoms with E-state index in [0.717, 1.165) is 21.9 Å². The first-order chi connectivity index (χ1) is 9.25. The van der Waals surface area contributed by atoms with E-state index in [1.165, 1.54) is 0 Å². The van der Waals surface area contributed by atoms with E-state index in [-0.39, 0.29) is 0 Å². The normalized spacial score (nSPS) is 10.7. The van der Waals surface area contributed by atoms with E-state index in [1.54, 1.807) is 0 Å². The zero-order valence-corrected chi connectivity index (χ0v) is 10.5. The molecule has 0 amide bonds. The minimum atomic E-state index is 0.291. The van der Waals surface area contributed by atoms with E-state index in [4.69, 9.17) is 5.73 Å². The second kappa shape index (κ2) is 4.65. The number of benzene rings is 3. The SMILES string of the molecule is Nc1cc2ccccc2c(O)c1Cc1ccccc1. The fourth-order valence-electron chi connectivity index (χ4n) is 2.38. The van der Waals surface area contributed by atoms with Gasteiger partial charge in [-0.2, -0.15) is 0 Å². The fourth-order valence-corrected chi connectivity index (χ4v) is 2.38. The average Bonchev–Trinajstić information content (AvgIpc) is 2.45. The van der Waals surface area contributed by atoms with Crippen molar-refractivity contribution in [1.82, 2.24) is 0 Å². The zero-order chi connectivity index (χ0) is 13.2. The molecule has 0 aliphatic heterocycles.